The Balaban J connectivity index is 2.94. The average molecular weight is 246 g/mol. The Hall–Kier alpha value is -1.66. The highest BCUT2D eigenvalue weighted by molar-refractivity contribution is 6.32. The first-order valence-electron chi connectivity index (χ1n) is 4.28. The number of hydrogen-bond donors (Lipinski definition) is 1. The molecule has 0 saturated carbocycles. The Kier molecular flexibility index (Phi) is 4.21. The van der Waals surface area contributed by atoms with Crippen LogP contribution in [0.1, 0.15) is 10.4 Å². The molecule has 0 radical (unpaired) electrons. The molecule has 0 spiro atoms. The van der Waals surface area contributed by atoms with Gasteiger partial charge in [-0.15, -0.1) is 0 Å². The lowest BCUT2D eigenvalue weighted by molar-refractivity contribution is -0.384. The van der Waals surface area contributed by atoms with Gasteiger partial charge in [-0.2, -0.15) is 0 Å². The molecule has 0 atom stereocenters. The van der Waals surface area contributed by atoms with Crippen LogP contribution in [0.5, 0.6) is 0 Å². The molecule has 1 rings (SSSR count). The highest BCUT2D eigenvalue weighted by Crippen LogP contribution is 2.25. The van der Waals surface area contributed by atoms with Gasteiger partial charge in [0, 0.05) is 6.07 Å². The van der Waals surface area contributed by atoms with E-state index in [1.807, 2.05) is 0 Å². The van der Waals surface area contributed by atoms with E-state index in [1.54, 1.807) is 0 Å². The molecule has 0 fully saturated rings. The first kappa shape index (κ1) is 12.4. The molecule has 86 valence electrons. The summed E-state index contributed by atoms with van der Waals surface area (Å²) >= 11 is 5.57. The third kappa shape index (κ3) is 2.91. The number of nitro groups is 1. The van der Waals surface area contributed by atoms with Crippen molar-refractivity contribution in [1.82, 2.24) is 0 Å². The fraction of sp³-hybridized carbons (Fsp3) is 0.222. The lowest BCUT2D eigenvalue weighted by Crippen LogP contribution is -2.09. The third-order valence-corrected chi connectivity index (χ3v) is 2.02. The van der Waals surface area contributed by atoms with Gasteiger partial charge in [0.05, 0.1) is 17.1 Å². The molecule has 1 N–H and O–H groups in total. The van der Waals surface area contributed by atoms with Crippen molar-refractivity contribution < 1.29 is 19.6 Å². The summed E-state index contributed by atoms with van der Waals surface area (Å²) in [5.41, 5.74) is -0.343. The van der Waals surface area contributed by atoms with Gasteiger partial charge in [-0.25, -0.2) is 4.79 Å². The zero-order valence-corrected chi connectivity index (χ0v) is 8.81. The average Bonchev–Trinajstić information content (AvgIpc) is 2.26. The molecule has 0 aliphatic heterocycles. The Morgan fingerprint density at radius 2 is 2.25 bits per heavy atom. The van der Waals surface area contributed by atoms with E-state index in [1.165, 1.54) is 12.1 Å². The predicted octanol–water partition coefficient (Wildman–Crippen LogP) is 1.40. The van der Waals surface area contributed by atoms with Crippen LogP contribution >= 0.6 is 11.6 Å². The minimum absolute atomic E-state index is 0.0181. The van der Waals surface area contributed by atoms with Gasteiger partial charge in [0.1, 0.15) is 11.6 Å². The number of nitro benzene ring substituents is 1. The second-order valence-electron chi connectivity index (χ2n) is 2.78. The molecule has 0 saturated heterocycles. The van der Waals surface area contributed by atoms with Gasteiger partial charge < -0.3 is 9.84 Å². The number of esters is 1. The number of hydrogen-bond acceptors (Lipinski definition) is 5. The van der Waals surface area contributed by atoms with Crippen LogP contribution in [-0.2, 0) is 4.74 Å². The van der Waals surface area contributed by atoms with Gasteiger partial charge in [-0.1, -0.05) is 11.6 Å². The zero-order valence-electron chi connectivity index (χ0n) is 8.05. The van der Waals surface area contributed by atoms with E-state index >= 15 is 0 Å². The molecule has 0 bridgehead atoms. The van der Waals surface area contributed by atoms with Crippen LogP contribution in [0, 0.1) is 10.1 Å². The number of benzene rings is 1. The summed E-state index contributed by atoms with van der Waals surface area (Å²) in [6, 6.07) is 3.59. The monoisotopic (exact) mass is 245 g/mol. The van der Waals surface area contributed by atoms with Crippen molar-refractivity contribution in [2.24, 2.45) is 0 Å². The number of carbonyl (C=O) groups is 1. The number of aliphatic hydroxyl groups excluding tert-OH is 1. The summed E-state index contributed by atoms with van der Waals surface area (Å²) in [6.45, 7) is -0.462. The minimum atomic E-state index is -0.742. The molecule has 0 aliphatic rings. The summed E-state index contributed by atoms with van der Waals surface area (Å²) in [5.74, 6) is -0.742. The highest BCUT2D eigenvalue weighted by atomic mass is 35.5. The second kappa shape index (κ2) is 5.43. The lowest BCUT2D eigenvalue weighted by atomic mass is 10.2. The van der Waals surface area contributed by atoms with E-state index in [9.17, 15) is 14.9 Å². The standard InChI is InChI=1S/C9H8ClNO5/c10-7-2-1-6(5-8(7)11(14)15)9(13)16-4-3-12/h1-2,5,12H,3-4H2. The van der Waals surface area contributed by atoms with E-state index in [0.29, 0.717) is 0 Å². The van der Waals surface area contributed by atoms with Crippen molar-refractivity contribution in [3.8, 4) is 0 Å². The first-order chi connectivity index (χ1) is 7.56. The van der Waals surface area contributed by atoms with Gasteiger partial charge in [0.25, 0.3) is 5.69 Å². The normalized spacial score (nSPS) is 9.88. The predicted molar refractivity (Wildman–Crippen MR) is 55.5 cm³/mol. The van der Waals surface area contributed by atoms with Crippen molar-refractivity contribution in [3.05, 3.63) is 38.9 Å². The second-order valence-corrected chi connectivity index (χ2v) is 3.19. The maximum Gasteiger partial charge on any atom is 0.338 e. The number of nitrogens with zero attached hydrogens (tertiary/aromatic N) is 1. The number of ether oxygens (including phenoxy) is 1. The van der Waals surface area contributed by atoms with Crippen LogP contribution in [0.2, 0.25) is 5.02 Å². The van der Waals surface area contributed by atoms with Crippen molar-refractivity contribution in [3.63, 3.8) is 0 Å². The summed E-state index contributed by atoms with van der Waals surface area (Å²) in [5, 5.41) is 18.9. The van der Waals surface area contributed by atoms with Gasteiger partial charge in [0.2, 0.25) is 0 Å². The molecular formula is C9H8ClNO5. The van der Waals surface area contributed by atoms with Crippen molar-refractivity contribution in [1.29, 1.82) is 0 Å². The van der Waals surface area contributed by atoms with Gasteiger partial charge >= 0.3 is 5.97 Å². The van der Waals surface area contributed by atoms with E-state index in [4.69, 9.17) is 16.7 Å². The summed E-state index contributed by atoms with van der Waals surface area (Å²) < 4.78 is 4.60. The summed E-state index contributed by atoms with van der Waals surface area (Å²) in [6.07, 6.45) is 0. The highest BCUT2D eigenvalue weighted by Gasteiger charge is 2.16. The van der Waals surface area contributed by atoms with Crippen LogP contribution in [0.25, 0.3) is 0 Å². The Labute approximate surface area is 95.6 Å². The molecular weight excluding hydrogens is 238 g/mol. The van der Waals surface area contributed by atoms with E-state index in [2.05, 4.69) is 4.74 Å². The molecule has 0 aromatic heterocycles. The van der Waals surface area contributed by atoms with E-state index < -0.39 is 10.9 Å². The number of rotatable bonds is 4. The molecule has 1 aromatic carbocycles. The van der Waals surface area contributed by atoms with Gasteiger partial charge in [-0.05, 0) is 12.1 Å². The van der Waals surface area contributed by atoms with Crippen LogP contribution < -0.4 is 0 Å². The van der Waals surface area contributed by atoms with Crippen molar-refractivity contribution >= 4 is 23.3 Å². The van der Waals surface area contributed by atoms with E-state index in [-0.39, 0.29) is 29.5 Å². The molecule has 0 amide bonds. The van der Waals surface area contributed by atoms with Crippen LogP contribution in [0.4, 0.5) is 5.69 Å². The van der Waals surface area contributed by atoms with Gasteiger partial charge in [0.15, 0.2) is 0 Å². The molecule has 1 aromatic rings. The largest absolute Gasteiger partial charge is 0.460 e. The molecule has 0 aliphatic carbocycles. The first-order valence-corrected chi connectivity index (χ1v) is 4.66. The quantitative estimate of drug-likeness (QED) is 0.492. The number of carbonyl (C=O) groups excluding carboxylic acids is 1. The molecule has 7 heteroatoms. The van der Waals surface area contributed by atoms with E-state index in [0.717, 1.165) is 6.07 Å². The maximum absolute atomic E-state index is 11.3. The third-order valence-electron chi connectivity index (χ3n) is 1.70. The van der Waals surface area contributed by atoms with Crippen molar-refractivity contribution in [2.75, 3.05) is 13.2 Å². The zero-order chi connectivity index (χ0) is 12.1. The molecule has 0 heterocycles. The topological polar surface area (TPSA) is 89.7 Å². The van der Waals surface area contributed by atoms with Crippen LogP contribution in [0.15, 0.2) is 18.2 Å². The molecule has 0 unspecified atom stereocenters. The van der Waals surface area contributed by atoms with Crippen molar-refractivity contribution in [2.45, 2.75) is 0 Å². The Morgan fingerprint density at radius 1 is 1.56 bits per heavy atom. The fourth-order valence-electron chi connectivity index (χ4n) is 1.00. The smallest absolute Gasteiger partial charge is 0.338 e. The maximum atomic E-state index is 11.3. The summed E-state index contributed by atoms with van der Waals surface area (Å²) in [7, 11) is 0. The minimum Gasteiger partial charge on any atom is -0.460 e. The van der Waals surface area contributed by atoms with Crippen LogP contribution in [-0.4, -0.2) is 29.2 Å². The number of aliphatic hydroxyl groups is 1. The molecule has 16 heavy (non-hydrogen) atoms. The van der Waals surface area contributed by atoms with Crippen LogP contribution in [0.3, 0.4) is 0 Å². The Morgan fingerprint density at radius 3 is 2.81 bits per heavy atom. The molecule has 6 nitrogen and oxygen atoms in total. The fourth-order valence-corrected chi connectivity index (χ4v) is 1.19. The lowest BCUT2D eigenvalue weighted by Gasteiger charge is -2.02. The SMILES string of the molecule is O=C(OCCO)c1ccc(Cl)c([N+](=O)[O-])c1. The Bertz CT molecular complexity index is 420. The van der Waals surface area contributed by atoms with Gasteiger partial charge in [-0.3, -0.25) is 10.1 Å². The number of halogens is 1. The summed E-state index contributed by atoms with van der Waals surface area (Å²) in [4.78, 5) is 21.1.